The highest BCUT2D eigenvalue weighted by Gasteiger charge is 2.33. The molecule has 3 aromatic carbocycles. The van der Waals surface area contributed by atoms with E-state index in [1.54, 1.807) is 0 Å². The lowest BCUT2D eigenvalue weighted by molar-refractivity contribution is 0.0782. The Kier molecular flexibility index (Phi) is 4.60. The van der Waals surface area contributed by atoms with Gasteiger partial charge in [0.25, 0.3) is 5.91 Å². The molecule has 144 valence electrons. The first-order chi connectivity index (χ1) is 14.3. The molecule has 0 saturated carbocycles. The van der Waals surface area contributed by atoms with Gasteiger partial charge in [-0.15, -0.1) is 0 Å². The van der Waals surface area contributed by atoms with Gasteiger partial charge in [0.1, 0.15) is 0 Å². The predicted octanol–water partition coefficient (Wildman–Crippen LogP) is 4.65. The van der Waals surface area contributed by atoms with Crippen LogP contribution in [-0.2, 0) is 0 Å². The molecule has 5 rings (SSSR count). The maximum Gasteiger partial charge on any atom is 0.253 e. The van der Waals surface area contributed by atoms with Crippen LogP contribution in [0.1, 0.15) is 28.4 Å². The van der Waals surface area contributed by atoms with Crippen LogP contribution < -0.4 is 0 Å². The molecule has 2 atom stereocenters. The summed E-state index contributed by atoms with van der Waals surface area (Å²) < 4.78 is 0. The van der Waals surface area contributed by atoms with Crippen molar-refractivity contribution < 1.29 is 4.79 Å². The smallest absolute Gasteiger partial charge is 0.253 e. The highest BCUT2D eigenvalue weighted by molar-refractivity contribution is 5.94. The Balaban J connectivity index is 1.37. The first kappa shape index (κ1) is 17.7. The molecule has 0 aliphatic carbocycles. The third-order valence-electron chi connectivity index (χ3n) is 5.88. The van der Waals surface area contributed by atoms with Crippen molar-refractivity contribution >= 4 is 23.0 Å². The van der Waals surface area contributed by atoms with E-state index in [0.717, 1.165) is 25.1 Å². The molecule has 0 radical (unpaired) electrons. The molecule has 0 N–H and O–H groups in total. The SMILES string of the molecule is O=C(c1ccccc1)N1CC[C@H](N2C=NC=CC2c2ccc3ccccc3c2)C1. The van der Waals surface area contributed by atoms with Gasteiger partial charge in [0.2, 0.25) is 0 Å². The first-order valence-corrected chi connectivity index (χ1v) is 10.1. The van der Waals surface area contributed by atoms with E-state index in [1.807, 2.05) is 47.8 Å². The minimum absolute atomic E-state index is 0.111. The number of likely N-dealkylation sites (tertiary alicyclic amines) is 1. The van der Waals surface area contributed by atoms with E-state index >= 15 is 0 Å². The van der Waals surface area contributed by atoms with Gasteiger partial charge in [-0.1, -0.05) is 54.6 Å². The number of carbonyl (C=O) groups excluding carboxylic acids is 1. The average Bonchev–Trinajstić information content (AvgIpc) is 3.29. The minimum Gasteiger partial charge on any atom is -0.347 e. The van der Waals surface area contributed by atoms with E-state index in [9.17, 15) is 4.79 Å². The van der Waals surface area contributed by atoms with Gasteiger partial charge >= 0.3 is 0 Å². The summed E-state index contributed by atoms with van der Waals surface area (Å²) in [6.45, 7) is 1.49. The molecular formula is C25H23N3O. The van der Waals surface area contributed by atoms with Crippen molar-refractivity contribution in [2.24, 2.45) is 4.99 Å². The summed E-state index contributed by atoms with van der Waals surface area (Å²) in [5, 5.41) is 2.49. The molecule has 29 heavy (non-hydrogen) atoms. The Morgan fingerprint density at radius 3 is 2.59 bits per heavy atom. The number of amides is 1. The summed E-state index contributed by atoms with van der Waals surface area (Å²) in [5.74, 6) is 0.111. The number of nitrogens with zero attached hydrogens (tertiary/aromatic N) is 3. The van der Waals surface area contributed by atoms with Gasteiger partial charge in [0.05, 0.1) is 18.4 Å². The number of rotatable bonds is 3. The molecule has 1 saturated heterocycles. The Labute approximate surface area is 170 Å². The van der Waals surface area contributed by atoms with Gasteiger partial charge in [-0.05, 0) is 47.0 Å². The number of aliphatic imine (C=N–C) groups is 1. The molecule has 4 nitrogen and oxygen atoms in total. The Morgan fingerprint density at radius 2 is 1.72 bits per heavy atom. The summed E-state index contributed by atoms with van der Waals surface area (Å²) in [5.41, 5.74) is 2.00. The molecule has 2 aliphatic rings. The van der Waals surface area contributed by atoms with Crippen LogP contribution in [0.25, 0.3) is 10.8 Å². The molecular weight excluding hydrogens is 358 g/mol. The van der Waals surface area contributed by atoms with Crippen molar-refractivity contribution in [3.63, 3.8) is 0 Å². The molecule has 0 spiro atoms. The molecule has 4 heteroatoms. The Hall–Kier alpha value is -3.40. The van der Waals surface area contributed by atoms with E-state index in [0.29, 0.717) is 0 Å². The van der Waals surface area contributed by atoms with Gasteiger partial charge in [-0.3, -0.25) is 4.79 Å². The van der Waals surface area contributed by atoms with Gasteiger partial charge in [-0.2, -0.15) is 0 Å². The molecule has 3 aromatic rings. The van der Waals surface area contributed by atoms with Crippen LogP contribution in [0.2, 0.25) is 0 Å². The molecule has 1 fully saturated rings. The predicted molar refractivity (Wildman–Crippen MR) is 117 cm³/mol. The van der Waals surface area contributed by atoms with Crippen LogP contribution in [0.3, 0.4) is 0 Å². The van der Waals surface area contributed by atoms with Crippen molar-refractivity contribution in [1.82, 2.24) is 9.80 Å². The highest BCUT2D eigenvalue weighted by atomic mass is 16.2. The zero-order valence-corrected chi connectivity index (χ0v) is 16.2. The number of hydrogen-bond acceptors (Lipinski definition) is 3. The van der Waals surface area contributed by atoms with Gasteiger partial charge in [0, 0.05) is 24.9 Å². The number of benzene rings is 3. The standard InChI is InChI=1S/C25H23N3O/c29-25(20-7-2-1-3-8-20)27-15-13-23(17-27)28-18-26-14-12-24(28)22-11-10-19-6-4-5-9-21(19)16-22/h1-12,14,16,18,23-24H,13,15,17H2/t23-,24?/m0/s1. The highest BCUT2D eigenvalue weighted by Crippen LogP contribution is 2.31. The fourth-order valence-corrected chi connectivity index (χ4v) is 4.35. The lowest BCUT2D eigenvalue weighted by atomic mass is 9.99. The van der Waals surface area contributed by atoms with Crippen molar-refractivity contribution in [3.05, 3.63) is 96.2 Å². The second kappa shape index (κ2) is 7.55. The van der Waals surface area contributed by atoms with E-state index in [4.69, 9.17) is 0 Å². The molecule has 2 aliphatic heterocycles. The monoisotopic (exact) mass is 381 g/mol. The largest absolute Gasteiger partial charge is 0.347 e. The van der Waals surface area contributed by atoms with Crippen LogP contribution in [0.5, 0.6) is 0 Å². The van der Waals surface area contributed by atoms with E-state index in [2.05, 4.69) is 58.4 Å². The topological polar surface area (TPSA) is 35.9 Å². The second-order valence-electron chi connectivity index (χ2n) is 7.66. The molecule has 0 bridgehead atoms. The summed E-state index contributed by atoms with van der Waals surface area (Å²) in [6, 6.07) is 25.0. The zero-order chi connectivity index (χ0) is 19.6. The van der Waals surface area contributed by atoms with Crippen LogP contribution in [0.4, 0.5) is 0 Å². The average molecular weight is 381 g/mol. The maximum absolute atomic E-state index is 12.8. The number of fused-ring (bicyclic) bond motifs is 1. The summed E-state index contributed by atoms with van der Waals surface area (Å²) in [7, 11) is 0. The van der Waals surface area contributed by atoms with E-state index in [1.165, 1.54) is 16.3 Å². The van der Waals surface area contributed by atoms with Crippen LogP contribution in [0, 0.1) is 0 Å². The van der Waals surface area contributed by atoms with Gasteiger partial charge in [0.15, 0.2) is 0 Å². The lowest BCUT2D eigenvalue weighted by Gasteiger charge is -2.35. The van der Waals surface area contributed by atoms with Crippen LogP contribution >= 0.6 is 0 Å². The van der Waals surface area contributed by atoms with Crippen molar-refractivity contribution in [3.8, 4) is 0 Å². The zero-order valence-electron chi connectivity index (χ0n) is 16.2. The molecule has 2 heterocycles. The third-order valence-corrected chi connectivity index (χ3v) is 5.88. The van der Waals surface area contributed by atoms with E-state index in [-0.39, 0.29) is 18.0 Å². The molecule has 0 aromatic heterocycles. The van der Waals surface area contributed by atoms with Crippen molar-refractivity contribution in [2.45, 2.75) is 18.5 Å². The fourth-order valence-electron chi connectivity index (χ4n) is 4.35. The maximum atomic E-state index is 12.8. The summed E-state index contributed by atoms with van der Waals surface area (Å²) >= 11 is 0. The second-order valence-corrected chi connectivity index (χ2v) is 7.66. The third kappa shape index (κ3) is 3.42. The van der Waals surface area contributed by atoms with Gasteiger partial charge in [-0.25, -0.2) is 4.99 Å². The van der Waals surface area contributed by atoms with Crippen molar-refractivity contribution in [1.29, 1.82) is 0 Å². The van der Waals surface area contributed by atoms with Gasteiger partial charge < -0.3 is 9.80 Å². The van der Waals surface area contributed by atoms with Crippen LogP contribution in [0.15, 0.2) is 90.1 Å². The van der Waals surface area contributed by atoms with E-state index < -0.39 is 0 Å². The number of carbonyl (C=O) groups is 1. The first-order valence-electron chi connectivity index (χ1n) is 10.1. The Morgan fingerprint density at radius 1 is 0.931 bits per heavy atom. The van der Waals surface area contributed by atoms with Crippen LogP contribution in [-0.4, -0.2) is 41.2 Å². The minimum atomic E-state index is 0.111. The lowest BCUT2D eigenvalue weighted by Crippen LogP contribution is -2.40. The fraction of sp³-hybridized carbons (Fsp3) is 0.200. The summed E-state index contributed by atoms with van der Waals surface area (Å²) in [4.78, 5) is 21.5. The molecule has 1 unspecified atom stereocenters. The summed E-state index contributed by atoms with van der Waals surface area (Å²) in [6.07, 6.45) is 6.90. The normalized spacial score (nSPS) is 21.1. The number of hydrogen-bond donors (Lipinski definition) is 0. The quantitative estimate of drug-likeness (QED) is 0.662. The molecule has 1 amide bonds. The van der Waals surface area contributed by atoms with Crippen molar-refractivity contribution in [2.75, 3.05) is 13.1 Å². The Bertz CT molecular complexity index is 1090.